The molecule has 0 saturated heterocycles. The molecule has 0 unspecified atom stereocenters. The van der Waals surface area contributed by atoms with Crippen LogP contribution < -0.4 is 5.46 Å². The van der Waals surface area contributed by atoms with Crippen molar-refractivity contribution in [3.8, 4) is 11.1 Å². The normalized spacial score (nSPS) is 15.2. The third-order valence-corrected chi connectivity index (χ3v) is 3.83. The van der Waals surface area contributed by atoms with Crippen molar-refractivity contribution in [3.63, 3.8) is 0 Å². The molecule has 84 valence electrons. The van der Waals surface area contributed by atoms with Crippen molar-refractivity contribution in [2.24, 2.45) is 0 Å². The Morgan fingerprint density at radius 2 is 1.65 bits per heavy atom. The second kappa shape index (κ2) is 3.48. The fraction of sp³-hybridized carbons (Fsp3) is 0.200. The Morgan fingerprint density at radius 1 is 0.941 bits per heavy atom. The van der Waals surface area contributed by atoms with E-state index in [4.69, 9.17) is 0 Å². The summed E-state index contributed by atoms with van der Waals surface area (Å²) in [5.41, 5.74) is 6.37. The molecule has 0 atom stereocenters. The van der Waals surface area contributed by atoms with E-state index < -0.39 is 0 Å². The zero-order valence-electron chi connectivity index (χ0n) is 10.2. The lowest BCUT2D eigenvalue weighted by Gasteiger charge is -2.21. The van der Waals surface area contributed by atoms with Crippen molar-refractivity contribution in [3.05, 3.63) is 53.6 Å². The molecule has 0 heterocycles. The second-order valence-electron chi connectivity index (χ2n) is 5.21. The average Bonchev–Trinajstić information content (AvgIpc) is 2.59. The van der Waals surface area contributed by atoms with Crippen molar-refractivity contribution in [2.45, 2.75) is 19.3 Å². The van der Waals surface area contributed by atoms with Crippen LogP contribution in [0.2, 0.25) is 0 Å². The molecule has 0 fully saturated rings. The van der Waals surface area contributed by atoms with E-state index in [1.165, 1.54) is 22.3 Å². The Morgan fingerprint density at radius 3 is 2.41 bits per heavy atom. The molecule has 1 nitrogen and oxygen atoms in total. The van der Waals surface area contributed by atoms with Crippen molar-refractivity contribution < 1.29 is 5.02 Å². The summed E-state index contributed by atoms with van der Waals surface area (Å²) in [5, 5.41) is 9.25. The molecule has 0 amide bonds. The van der Waals surface area contributed by atoms with Crippen LogP contribution in [0.4, 0.5) is 0 Å². The SMILES string of the molecule is CC1(C)c2ccccc2-c2cc(BO)ccc21. The molecule has 17 heavy (non-hydrogen) atoms. The smallest absolute Gasteiger partial charge is 0.304 e. The lowest BCUT2D eigenvalue weighted by Crippen LogP contribution is -2.17. The lowest BCUT2D eigenvalue weighted by molar-refractivity contribution is 0.615. The van der Waals surface area contributed by atoms with Crippen molar-refractivity contribution in [2.75, 3.05) is 0 Å². The number of benzene rings is 2. The summed E-state index contributed by atoms with van der Waals surface area (Å²) < 4.78 is 0. The van der Waals surface area contributed by atoms with Gasteiger partial charge in [0.1, 0.15) is 0 Å². The molecule has 1 aliphatic carbocycles. The van der Waals surface area contributed by atoms with Gasteiger partial charge in [-0.15, -0.1) is 0 Å². The number of rotatable bonds is 1. The first-order valence-electron chi connectivity index (χ1n) is 5.99. The van der Waals surface area contributed by atoms with Gasteiger partial charge in [-0.05, 0) is 22.3 Å². The molecule has 0 spiro atoms. The Hall–Kier alpha value is -1.54. The van der Waals surface area contributed by atoms with Gasteiger partial charge in [0.25, 0.3) is 0 Å². The maximum Gasteiger partial charge on any atom is 0.304 e. The highest BCUT2D eigenvalue weighted by Gasteiger charge is 2.34. The van der Waals surface area contributed by atoms with Gasteiger partial charge >= 0.3 is 7.48 Å². The topological polar surface area (TPSA) is 20.2 Å². The van der Waals surface area contributed by atoms with Crippen LogP contribution in [0.1, 0.15) is 25.0 Å². The maximum absolute atomic E-state index is 9.25. The van der Waals surface area contributed by atoms with Crippen molar-refractivity contribution in [1.29, 1.82) is 0 Å². The summed E-state index contributed by atoms with van der Waals surface area (Å²) >= 11 is 0. The molecule has 0 radical (unpaired) electrons. The Balaban J connectivity index is 2.33. The fourth-order valence-electron chi connectivity index (χ4n) is 2.87. The molecule has 3 rings (SSSR count). The molecule has 0 saturated carbocycles. The fourth-order valence-corrected chi connectivity index (χ4v) is 2.87. The standard InChI is InChI=1S/C15H15BO/c1-15(2)13-6-4-3-5-11(13)12-9-10(16-17)7-8-14(12)15/h3-9,16-17H,1-2H3. The first-order valence-corrected chi connectivity index (χ1v) is 5.99. The van der Waals surface area contributed by atoms with E-state index in [1.54, 1.807) is 0 Å². The minimum atomic E-state index is 0.0694. The van der Waals surface area contributed by atoms with Crippen LogP contribution in [-0.4, -0.2) is 12.5 Å². The van der Waals surface area contributed by atoms with Crippen LogP contribution in [0, 0.1) is 0 Å². The van der Waals surface area contributed by atoms with Gasteiger partial charge in [0.15, 0.2) is 0 Å². The Labute approximate surface area is 102 Å². The highest BCUT2D eigenvalue weighted by molar-refractivity contribution is 6.45. The third kappa shape index (κ3) is 1.37. The van der Waals surface area contributed by atoms with Gasteiger partial charge in [-0.2, -0.15) is 0 Å². The molecule has 1 aliphatic rings. The number of fused-ring (bicyclic) bond motifs is 3. The van der Waals surface area contributed by atoms with Crippen molar-refractivity contribution in [1.82, 2.24) is 0 Å². The Kier molecular flexibility index (Phi) is 2.17. The molecule has 0 aliphatic heterocycles. The van der Waals surface area contributed by atoms with Gasteiger partial charge < -0.3 is 5.02 Å². The molecular weight excluding hydrogens is 207 g/mol. The highest BCUT2D eigenvalue weighted by atomic mass is 16.2. The van der Waals surface area contributed by atoms with Gasteiger partial charge in [0.2, 0.25) is 0 Å². The van der Waals surface area contributed by atoms with Gasteiger partial charge in [-0.3, -0.25) is 0 Å². The zero-order valence-corrected chi connectivity index (χ0v) is 10.2. The molecule has 2 aromatic carbocycles. The minimum Gasteiger partial charge on any atom is -0.449 e. The van der Waals surface area contributed by atoms with Gasteiger partial charge in [0.05, 0.1) is 0 Å². The summed E-state index contributed by atoms with van der Waals surface area (Å²) in [7, 11) is 0.107. The summed E-state index contributed by atoms with van der Waals surface area (Å²) in [6.45, 7) is 4.52. The molecule has 1 N–H and O–H groups in total. The predicted octanol–water partition coefficient (Wildman–Crippen LogP) is 1.96. The van der Waals surface area contributed by atoms with E-state index >= 15 is 0 Å². The third-order valence-electron chi connectivity index (χ3n) is 3.83. The van der Waals surface area contributed by atoms with E-state index in [0.717, 1.165) is 5.46 Å². The molecular formula is C15H15BO. The number of hydrogen-bond acceptors (Lipinski definition) is 1. The zero-order chi connectivity index (χ0) is 12.0. The largest absolute Gasteiger partial charge is 0.449 e. The Bertz CT molecular complexity index is 587. The molecule has 0 bridgehead atoms. The monoisotopic (exact) mass is 222 g/mol. The first kappa shape index (κ1) is 10.6. The molecule has 0 aromatic heterocycles. The van der Waals surface area contributed by atoms with E-state index in [9.17, 15) is 5.02 Å². The first-order chi connectivity index (χ1) is 8.14. The van der Waals surface area contributed by atoms with Crippen LogP contribution >= 0.6 is 0 Å². The van der Waals surface area contributed by atoms with Crippen molar-refractivity contribution >= 4 is 12.9 Å². The van der Waals surface area contributed by atoms with E-state index in [0.29, 0.717) is 0 Å². The quantitative estimate of drug-likeness (QED) is 0.731. The summed E-state index contributed by atoms with van der Waals surface area (Å²) in [4.78, 5) is 0. The summed E-state index contributed by atoms with van der Waals surface area (Å²) in [6.07, 6.45) is 0. The van der Waals surface area contributed by atoms with Crippen LogP contribution in [0.15, 0.2) is 42.5 Å². The summed E-state index contributed by atoms with van der Waals surface area (Å²) in [5.74, 6) is 0. The molecule has 2 heteroatoms. The van der Waals surface area contributed by atoms with Crippen LogP contribution in [0.3, 0.4) is 0 Å². The van der Waals surface area contributed by atoms with E-state index in [1.807, 2.05) is 6.07 Å². The van der Waals surface area contributed by atoms with E-state index in [-0.39, 0.29) is 12.9 Å². The second-order valence-corrected chi connectivity index (χ2v) is 5.21. The van der Waals surface area contributed by atoms with Crippen LogP contribution in [0.25, 0.3) is 11.1 Å². The molecule has 2 aromatic rings. The maximum atomic E-state index is 9.25. The summed E-state index contributed by atoms with van der Waals surface area (Å²) in [6, 6.07) is 14.8. The van der Waals surface area contributed by atoms with Crippen LogP contribution in [-0.2, 0) is 5.41 Å². The predicted molar refractivity (Wildman–Crippen MR) is 73.0 cm³/mol. The number of hydrogen-bond donors (Lipinski definition) is 1. The van der Waals surface area contributed by atoms with Gasteiger partial charge in [0, 0.05) is 5.41 Å². The van der Waals surface area contributed by atoms with Gasteiger partial charge in [-0.25, -0.2) is 0 Å². The average molecular weight is 222 g/mol. The highest BCUT2D eigenvalue weighted by Crippen LogP contribution is 2.47. The van der Waals surface area contributed by atoms with Crippen LogP contribution in [0.5, 0.6) is 0 Å². The van der Waals surface area contributed by atoms with E-state index in [2.05, 4.69) is 50.2 Å². The van der Waals surface area contributed by atoms with Gasteiger partial charge in [-0.1, -0.05) is 61.8 Å². The minimum absolute atomic E-state index is 0.0694. The lowest BCUT2D eigenvalue weighted by atomic mass is 9.80.